The van der Waals surface area contributed by atoms with E-state index in [1.165, 1.54) is 20.8 Å². The summed E-state index contributed by atoms with van der Waals surface area (Å²) in [7, 11) is 2.48. The number of nitrogens with one attached hydrogen (secondary N) is 1. The zero-order valence-electron chi connectivity index (χ0n) is 37.6. The molecule has 0 aliphatic rings. The first-order valence-corrected chi connectivity index (χ1v) is 21.6. The molecule has 0 bridgehead atoms. The molecule has 20 nitrogen and oxygen atoms in total. The fourth-order valence-electron chi connectivity index (χ4n) is 6.15. The molecule has 21 heteroatoms. The number of likely N-dealkylation sites (N-methyl/N-ethyl adjacent to an activating group) is 2. The third-order valence-electron chi connectivity index (χ3n) is 11.7. The molecular formula is C39H70N4O16S. The number of carboxylic acids is 2. The molecule has 0 aromatic heterocycles. The van der Waals surface area contributed by atoms with Crippen LogP contribution in [0.3, 0.4) is 0 Å². The van der Waals surface area contributed by atoms with Gasteiger partial charge >= 0.3 is 23.9 Å². The molecule has 0 fully saturated rings. The second kappa shape index (κ2) is 22.8. The summed E-state index contributed by atoms with van der Waals surface area (Å²) < 4.78 is 54.8. The predicted molar refractivity (Wildman–Crippen MR) is 209 cm³/mol. The normalized spacial score (nSPS) is 16.4. The van der Waals surface area contributed by atoms with Gasteiger partial charge in [0.25, 0.3) is 5.91 Å². The molecule has 0 aromatic carbocycles. The second-order valence-electron chi connectivity index (χ2n) is 18.0. The van der Waals surface area contributed by atoms with Crippen LogP contribution in [0.25, 0.3) is 0 Å². The van der Waals surface area contributed by atoms with Crippen molar-refractivity contribution >= 4 is 51.8 Å². The summed E-state index contributed by atoms with van der Waals surface area (Å²) in [6.45, 7) is 11.7. The van der Waals surface area contributed by atoms with E-state index in [1.807, 2.05) is 0 Å². The van der Waals surface area contributed by atoms with Crippen molar-refractivity contribution in [3.8, 4) is 0 Å². The Morgan fingerprint density at radius 2 is 1.15 bits per heavy atom. The summed E-state index contributed by atoms with van der Waals surface area (Å²) in [5.74, 6) is -7.56. The number of amides is 1. The zero-order chi connectivity index (χ0) is 47.1. The van der Waals surface area contributed by atoms with Crippen LogP contribution in [0.2, 0.25) is 0 Å². The Labute approximate surface area is 354 Å². The number of hydrogen-bond acceptors (Lipinski definition) is 16. The number of rotatable bonds is 29. The molecule has 0 aliphatic carbocycles. The van der Waals surface area contributed by atoms with Crippen LogP contribution >= 0.6 is 0 Å². The number of nitrogens with zero attached hydrogens (tertiary/aromatic N) is 2. The highest BCUT2D eigenvalue weighted by Crippen LogP contribution is 2.44. The van der Waals surface area contributed by atoms with Gasteiger partial charge in [0.05, 0.1) is 78.5 Å². The zero-order valence-corrected chi connectivity index (χ0v) is 38.4. The first-order valence-electron chi connectivity index (χ1n) is 20.0. The maximum atomic E-state index is 13.5. The highest BCUT2D eigenvalue weighted by molar-refractivity contribution is 7.85. The van der Waals surface area contributed by atoms with Crippen molar-refractivity contribution in [1.29, 1.82) is 0 Å². The van der Waals surface area contributed by atoms with Gasteiger partial charge in [0.1, 0.15) is 45.5 Å². The lowest BCUT2D eigenvalue weighted by Gasteiger charge is -2.40. The fraction of sp³-hybridized carbons (Fsp3) is 0.821. The van der Waals surface area contributed by atoms with Crippen LogP contribution in [0.4, 0.5) is 0 Å². The smallest absolute Gasteiger partial charge is 0.313 e. The number of carboxylic acid groups (broad SMARTS) is 2. The van der Waals surface area contributed by atoms with Gasteiger partial charge in [0.15, 0.2) is 12.6 Å². The molecule has 0 spiro atoms. The maximum Gasteiger partial charge on any atom is 0.313 e. The van der Waals surface area contributed by atoms with E-state index in [0.29, 0.717) is 13.0 Å². The van der Waals surface area contributed by atoms with Crippen molar-refractivity contribution < 1.29 is 90.4 Å². The summed E-state index contributed by atoms with van der Waals surface area (Å²) in [4.78, 5) is 89.4. The van der Waals surface area contributed by atoms with Gasteiger partial charge in [-0.2, -0.15) is 0 Å². The van der Waals surface area contributed by atoms with Crippen LogP contribution in [0, 0.1) is 21.7 Å². The van der Waals surface area contributed by atoms with E-state index in [2.05, 4.69) is 11.1 Å². The van der Waals surface area contributed by atoms with E-state index >= 15 is 0 Å². The first kappa shape index (κ1) is 56.1. The summed E-state index contributed by atoms with van der Waals surface area (Å²) in [6.07, 6.45) is 0.721. The summed E-state index contributed by atoms with van der Waals surface area (Å²) in [5, 5.41) is 25.2. The van der Waals surface area contributed by atoms with Crippen molar-refractivity contribution in [1.82, 2.24) is 5.32 Å². The molecule has 0 aromatic rings. The number of esters is 4. The number of aliphatic carboxylic acids is 2. The van der Waals surface area contributed by atoms with Crippen LogP contribution in [-0.4, -0.2) is 162 Å². The van der Waals surface area contributed by atoms with Crippen LogP contribution in [-0.2, 0) is 62.6 Å². The molecule has 0 radical (unpaired) electrons. The Morgan fingerprint density at radius 3 is 1.60 bits per heavy atom. The molecule has 348 valence electrons. The van der Waals surface area contributed by atoms with Gasteiger partial charge in [-0.25, -0.2) is 8.42 Å². The SMILES string of the molecule is CCC(C)(CC(C)(CC)C(=O)OC[C@H]([NH3+])C(=O)N[C@@H](COC(=O)C(C)(CC)C(C)(C)C(=O)OCC[N+](C)(C)CCCS(=O)(=O)[O-])C(=O)[O-])C(=O)OCC[N+](C)(C)CC(=O)[O-]. The van der Waals surface area contributed by atoms with Gasteiger partial charge in [0, 0.05) is 12.2 Å². The van der Waals surface area contributed by atoms with Crippen molar-refractivity contribution in [3.05, 3.63) is 0 Å². The van der Waals surface area contributed by atoms with Crippen LogP contribution in [0.5, 0.6) is 0 Å². The minimum absolute atomic E-state index is 0.0109. The Hall–Kier alpha value is -3.92. The minimum atomic E-state index is -4.36. The maximum absolute atomic E-state index is 13.5. The Kier molecular flexibility index (Phi) is 21.3. The monoisotopic (exact) mass is 882 g/mol. The van der Waals surface area contributed by atoms with E-state index in [-0.39, 0.29) is 67.5 Å². The van der Waals surface area contributed by atoms with Crippen molar-refractivity contribution in [2.75, 3.05) is 86.6 Å². The highest BCUT2D eigenvalue weighted by Gasteiger charge is 2.53. The van der Waals surface area contributed by atoms with E-state index in [9.17, 15) is 56.7 Å². The number of quaternary nitrogens is 3. The van der Waals surface area contributed by atoms with Gasteiger partial charge in [-0.3, -0.25) is 24.0 Å². The Morgan fingerprint density at radius 1 is 0.683 bits per heavy atom. The van der Waals surface area contributed by atoms with Crippen LogP contribution in [0.15, 0.2) is 0 Å². The number of carbonyl (C=O) groups excluding carboxylic acids is 7. The Bertz CT molecular complexity index is 1630. The van der Waals surface area contributed by atoms with E-state index < -0.39 is 105 Å². The molecule has 1 amide bonds. The predicted octanol–water partition coefficient (Wildman–Crippen LogP) is -2.49. The lowest BCUT2D eigenvalue weighted by Crippen LogP contribution is -2.71. The lowest BCUT2D eigenvalue weighted by atomic mass is 9.65. The molecular weight excluding hydrogens is 813 g/mol. The largest absolute Gasteiger partial charge is 0.748 e. The van der Waals surface area contributed by atoms with Crippen molar-refractivity contribution in [3.63, 3.8) is 0 Å². The standard InChI is InChI=1S/C39H70N4O16S/c1-13-37(6,33(50)57-21-19-43(11,12)23-29(44)45)26-38(7,14-2)34(51)58-24-27(40)30(46)41-28(31(47)48)25-59-35(52)39(8,15-3)36(4,5)32(49)56-20-18-42(9,10)17-16-22-60(53,54)55/h27-28H,13-26,40H2,1-12H3,(H2-2,41,44,45,46,47,48,53,54,55)/t27-,28-,37?,38?,39?/m0/s1. The number of ether oxygens (including phenoxy) is 4. The van der Waals surface area contributed by atoms with Crippen molar-refractivity contribution in [2.45, 2.75) is 99.6 Å². The van der Waals surface area contributed by atoms with Gasteiger partial charge in [-0.05, 0) is 60.3 Å². The number of carbonyl (C=O) groups is 7. The first-order chi connectivity index (χ1) is 27.2. The molecule has 60 heavy (non-hydrogen) atoms. The van der Waals surface area contributed by atoms with Gasteiger partial charge in [-0.15, -0.1) is 0 Å². The third kappa shape index (κ3) is 17.6. The number of hydrogen-bond donors (Lipinski definition) is 2. The molecule has 4 N–H and O–H groups in total. The summed E-state index contributed by atoms with van der Waals surface area (Å²) in [6, 6.07) is -3.17. The topological polar surface area (TPSA) is 299 Å². The molecule has 0 saturated carbocycles. The summed E-state index contributed by atoms with van der Waals surface area (Å²) in [5.41, 5.74) is -1.71. The van der Waals surface area contributed by atoms with E-state index in [0.717, 1.165) is 0 Å². The van der Waals surface area contributed by atoms with E-state index in [4.69, 9.17) is 18.9 Å². The molecule has 0 aliphatic heterocycles. The van der Waals surface area contributed by atoms with Gasteiger partial charge < -0.3 is 63.3 Å². The highest BCUT2D eigenvalue weighted by atomic mass is 32.2. The average molecular weight is 883 g/mol. The quantitative estimate of drug-likeness (QED) is 0.0340. The minimum Gasteiger partial charge on any atom is -0.748 e. The Balaban J connectivity index is 5.50. The van der Waals surface area contributed by atoms with Crippen LogP contribution < -0.4 is 21.3 Å². The van der Waals surface area contributed by atoms with E-state index in [1.54, 1.807) is 62.8 Å². The average Bonchev–Trinajstić information content (AvgIpc) is 3.12. The molecule has 0 rings (SSSR count). The fourth-order valence-corrected chi connectivity index (χ4v) is 6.63. The van der Waals surface area contributed by atoms with Gasteiger partial charge in [0.2, 0.25) is 0 Å². The summed E-state index contributed by atoms with van der Waals surface area (Å²) >= 11 is 0. The lowest BCUT2D eigenvalue weighted by molar-refractivity contribution is -0.890. The van der Waals surface area contributed by atoms with Crippen LogP contribution in [0.1, 0.15) is 87.5 Å². The second-order valence-corrected chi connectivity index (χ2v) is 19.6. The van der Waals surface area contributed by atoms with Crippen molar-refractivity contribution in [2.24, 2.45) is 21.7 Å². The van der Waals surface area contributed by atoms with Gasteiger partial charge in [-0.1, -0.05) is 20.8 Å². The molecule has 3 unspecified atom stereocenters. The molecule has 5 atom stereocenters. The molecule has 0 saturated heterocycles. The third-order valence-corrected chi connectivity index (χ3v) is 12.5. The molecule has 0 heterocycles.